The molecule has 0 bridgehead atoms. The zero-order valence-electron chi connectivity index (χ0n) is 19.8. The Bertz CT molecular complexity index is 1110. The molecule has 0 atom stereocenters. The number of nitrogens with zero attached hydrogens (tertiary/aromatic N) is 2. The summed E-state index contributed by atoms with van der Waals surface area (Å²) < 4.78 is 5.92. The molecule has 1 aliphatic rings. The molecule has 2 heterocycles. The molecule has 1 N–H and O–H groups in total. The Balaban J connectivity index is 1.18. The molecule has 5 nitrogen and oxygen atoms in total. The molecule has 1 fully saturated rings. The van der Waals surface area contributed by atoms with Crippen LogP contribution in [-0.4, -0.2) is 55.0 Å². The van der Waals surface area contributed by atoms with E-state index in [9.17, 15) is 4.79 Å². The lowest BCUT2D eigenvalue weighted by atomic mass is 10.1. The highest BCUT2D eigenvalue weighted by Crippen LogP contribution is 2.31. The van der Waals surface area contributed by atoms with Gasteiger partial charge >= 0.3 is 0 Å². The largest absolute Gasteiger partial charge is 0.494 e. The minimum atomic E-state index is -0.0852. The van der Waals surface area contributed by atoms with Gasteiger partial charge in [-0.1, -0.05) is 13.0 Å². The zero-order chi connectivity index (χ0) is 23.0. The van der Waals surface area contributed by atoms with Crippen LogP contribution >= 0.6 is 11.8 Å². The van der Waals surface area contributed by atoms with E-state index in [1.54, 1.807) is 6.07 Å². The molecular formula is C27H35N3O2S. The maximum atomic E-state index is 11.5. The normalized spacial score (nSPS) is 14.7. The second-order valence-electron chi connectivity index (χ2n) is 8.70. The van der Waals surface area contributed by atoms with E-state index in [1.807, 2.05) is 36.0 Å². The lowest BCUT2D eigenvalue weighted by Crippen LogP contribution is -2.46. The molecule has 3 aromatic rings. The number of pyridine rings is 1. The van der Waals surface area contributed by atoms with Crippen molar-refractivity contribution in [2.45, 2.75) is 38.0 Å². The van der Waals surface area contributed by atoms with Gasteiger partial charge in [0.25, 0.3) is 0 Å². The predicted octanol–water partition coefficient (Wildman–Crippen LogP) is 5.32. The number of fused-ring (bicyclic) bond motifs is 1. The minimum Gasteiger partial charge on any atom is -0.494 e. The van der Waals surface area contributed by atoms with Crippen LogP contribution in [-0.2, 0) is 0 Å². The van der Waals surface area contributed by atoms with Crippen molar-refractivity contribution in [2.75, 3.05) is 50.0 Å². The molecule has 2 aromatic carbocycles. The Morgan fingerprint density at radius 1 is 1.03 bits per heavy atom. The number of aromatic nitrogens is 1. The number of piperazine rings is 1. The average Bonchev–Trinajstić information content (AvgIpc) is 2.83. The SMILES string of the molecule is CCCSc1cccc(N2CCN(CCCCOc3ccc4ccc(=O)[nH]c4c3)CC2)c1C. The van der Waals surface area contributed by atoms with E-state index in [2.05, 4.69) is 46.8 Å². The summed E-state index contributed by atoms with van der Waals surface area (Å²) >= 11 is 1.98. The maximum Gasteiger partial charge on any atom is 0.248 e. The summed E-state index contributed by atoms with van der Waals surface area (Å²) in [6.45, 7) is 10.7. The van der Waals surface area contributed by atoms with Crippen molar-refractivity contribution in [1.29, 1.82) is 0 Å². The van der Waals surface area contributed by atoms with Crippen LogP contribution in [0.1, 0.15) is 31.7 Å². The first-order valence-electron chi connectivity index (χ1n) is 12.1. The molecule has 0 radical (unpaired) electrons. The first-order chi connectivity index (χ1) is 16.1. The van der Waals surface area contributed by atoms with Crippen molar-refractivity contribution >= 4 is 28.4 Å². The highest BCUT2D eigenvalue weighted by molar-refractivity contribution is 7.99. The number of rotatable bonds is 10. The van der Waals surface area contributed by atoms with Crippen LogP contribution in [0.3, 0.4) is 0 Å². The van der Waals surface area contributed by atoms with Crippen LogP contribution in [0.15, 0.2) is 58.2 Å². The molecule has 176 valence electrons. The van der Waals surface area contributed by atoms with Crippen molar-refractivity contribution in [3.63, 3.8) is 0 Å². The number of H-pyrrole nitrogens is 1. The fraction of sp³-hybridized carbons (Fsp3) is 0.444. The topological polar surface area (TPSA) is 48.6 Å². The third-order valence-corrected chi connectivity index (χ3v) is 7.63. The number of ether oxygens (including phenoxy) is 1. The van der Waals surface area contributed by atoms with Crippen molar-refractivity contribution in [3.8, 4) is 5.75 Å². The molecule has 0 amide bonds. The van der Waals surface area contributed by atoms with E-state index in [0.717, 1.165) is 62.2 Å². The zero-order valence-corrected chi connectivity index (χ0v) is 20.6. The highest BCUT2D eigenvalue weighted by Gasteiger charge is 2.19. The predicted molar refractivity (Wildman–Crippen MR) is 140 cm³/mol. The van der Waals surface area contributed by atoms with Crippen LogP contribution in [0.5, 0.6) is 5.75 Å². The smallest absolute Gasteiger partial charge is 0.248 e. The number of benzene rings is 2. The van der Waals surface area contributed by atoms with Crippen molar-refractivity contribution in [1.82, 2.24) is 9.88 Å². The van der Waals surface area contributed by atoms with Gasteiger partial charge in [-0.3, -0.25) is 9.69 Å². The quantitative estimate of drug-likeness (QED) is 0.324. The van der Waals surface area contributed by atoms with Gasteiger partial charge in [-0.2, -0.15) is 0 Å². The van der Waals surface area contributed by atoms with E-state index in [4.69, 9.17) is 4.74 Å². The Morgan fingerprint density at radius 2 is 1.85 bits per heavy atom. The summed E-state index contributed by atoms with van der Waals surface area (Å²) in [7, 11) is 0. The van der Waals surface area contributed by atoms with Gasteiger partial charge in [-0.15, -0.1) is 11.8 Å². The fourth-order valence-electron chi connectivity index (χ4n) is 4.37. The number of unbranched alkanes of at least 4 members (excludes halogenated alkanes) is 1. The second-order valence-corrected chi connectivity index (χ2v) is 9.84. The molecule has 0 unspecified atom stereocenters. The first kappa shape index (κ1) is 23.7. The van der Waals surface area contributed by atoms with Gasteiger partial charge in [0.2, 0.25) is 5.56 Å². The number of hydrogen-bond acceptors (Lipinski definition) is 5. The lowest BCUT2D eigenvalue weighted by Gasteiger charge is -2.37. The Hall–Kier alpha value is -2.44. The van der Waals surface area contributed by atoms with Crippen molar-refractivity contribution in [3.05, 3.63) is 64.4 Å². The van der Waals surface area contributed by atoms with Gasteiger partial charge in [0.05, 0.1) is 12.1 Å². The molecule has 1 aliphatic heterocycles. The Labute approximate surface area is 201 Å². The molecule has 4 rings (SSSR count). The van der Waals surface area contributed by atoms with Gasteiger partial charge in [-0.05, 0) is 79.8 Å². The molecular weight excluding hydrogens is 430 g/mol. The Kier molecular flexibility index (Phi) is 8.35. The maximum absolute atomic E-state index is 11.5. The number of aromatic amines is 1. The van der Waals surface area contributed by atoms with E-state index in [0.29, 0.717) is 6.61 Å². The van der Waals surface area contributed by atoms with E-state index >= 15 is 0 Å². The van der Waals surface area contributed by atoms with Gasteiger partial charge in [0.15, 0.2) is 0 Å². The van der Waals surface area contributed by atoms with Crippen LogP contribution in [0.25, 0.3) is 10.9 Å². The summed E-state index contributed by atoms with van der Waals surface area (Å²) in [5.74, 6) is 2.00. The minimum absolute atomic E-state index is 0.0852. The molecule has 1 aromatic heterocycles. The molecule has 0 spiro atoms. The number of nitrogens with one attached hydrogen (secondary N) is 1. The van der Waals surface area contributed by atoms with E-state index < -0.39 is 0 Å². The molecule has 1 saturated heterocycles. The average molecular weight is 466 g/mol. The number of anilines is 1. The van der Waals surface area contributed by atoms with Crippen LogP contribution in [0, 0.1) is 6.92 Å². The molecule has 33 heavy (non-hydrogen) atoms. The van der Waals surface area contributed by atoms with E-state index in [-0.39, 0.29) is 5.56 Å². The van der Waals surface area contributed by atoms with Crippen LogP contribution < -0.4 is 15.2 Å². The van der Waals surface area contributed by atoms with Crippen molar-refractivity contribution in [2.24, 2.45) is 0 Å². The van der Waals surface area contributed by atoms with Gasteiger partial charge in [0, 0.05) is 48.9 Å². The van der Waals surface area contributed by atoms with Crippen LogP contribution in [0.4, 0.5) is 5.69 Å². The molecule has 6 heteroatoms. The standard InChI is InChI=1S/C27H35N3O2S/c1-3-19-33-26-8-6-7-25(21(26)2)30-16-14-29(15-17-30)13-4-5-18-32-23-11-9-22-10-12-27(31)28-24(22)20-23/h6-12,20H,3-5,13-19H2,1-2H3,(H,28,31). The fourth-order valence-corrected chi connectivity index (χ4v) is 5.29. The summed E-state index contributed by atoms with van der Waals surface area (Å²) in [6.07, 6.45) is 3.37. The summed E-state index contributed by atoms with van der Waals surface area (Å²) in [5, 5.41) is 1.02. The summed E-state index contributed by atoms with van der Waals surface area (Å²) in [6, 6.07) is 16.0. The highest BCUT2D eigenvalue weighted by atomic mass is 32.2. The third-order valence-electron chi connectivity index (χ3n) is 6.26. The molecule has 0 saturated carbocycles. The number of thioether (sulfide) groups is 1. The second kappa shape index (κ2) is 11.6. The van der Waals surface area contributed by atoms with E-state index in [1.165, 1.54) is 28.3 Å². The van der Waals surface area contributed by atoms with Crippen molar-refractivity contribution < 1.29 is 4.74 Å². The monoisotopic (exact) mass is 465 g/mol. The molecule has 0 aliphatic carbocycles. The summed E-state index contributed by atoms with van der Waals surface area (Å²) in [5.41, 5.74) is 3.57. The van der Waals surface area contributed by atoms with Gasteiger partial charge in [0.1, 0.15) is 5.75 Å². The Morgan fingerprint density at radius 3 is 2.67 bits per heavy atom. The third kappa shape index (κ3) is 6.33. The lowest BCUT2D eigenvalue weighted by molar-refractivity contribution is 0.238. The summed E-state index contributed by atoms with van der Waals surface area (Å²) in [4.78, 5) is 20.9. The first-order valence-corrected chi connectivity index (χ1v) is 13.1. The number of hydrogen-bond donors (Lipinski definition) is 1. The van der Waals surface area contributed by atoms with Gasteiger partial charge < -0.3 is 14.6 Å². The van der Waals surface area contributed by atoms with Gasteiger partial charge in [-0.25, -0.2) is 0 Å². The van der Waals surface area contributed by atoms with Crippen LogP contribution in [0.2, 0.25) is 0 Å².